The van der Waals surface area contributed by atoms with Crippen molar-refractivity contribution in [3.63, 3.8) is 0 Å². The number of benzene rings is 4. The lowest BCUT2D eigenvalue weighted by Gasteiger charge is -2.24. The normalized spacial score (nSPS) is 15.5. The van der Waals surface area contributed by atoms with E-state index in [1.807, 2.05) is 18.2 Å². The first-order valence-electron chi connectivity index (χ1n) is 14.8. The van der Waals surface area contributed by atoms with E-state index in [1.165, 1.54) is 26.8 Å². The molecule has 232 valence electrons. The predicted octanol–water partition coefficient (Wildman–Crippen LogP) is 4.48. The fraction of sp³-hybridized carbons (Fsp3) is 0.147. The number of rotatable bonds is 5. The summed E-state index contributed by atoms with van der Waals surface area (Å²) >= 11 is 0. The van der Waals surface area contributed by atoms with E-state index in [1.54, 1.807) is 54.7 Å². The van der Waals surface area contributed by atoms with Gasteiger partial charge in [0.25, 0.3) is 25.6 Å². The third kappa shape index (κ3) is 4.31. The molecule has 3 N–H and O–H groups in total. The fourth-order valence-corrected chi connectivity index (χ4v) is 10.2. The maximum Gasteiger partial charge on any atom is 0.264 e. The summed E-state index contributed by atoms with van der Waals surface area (Å²) in [6.45, 7) is 0.869. The summed E-state index contributed by atoms with van der Waals surface area (Å²) in [7, 11) is -8.12. The molecule has 0 bridgehead atoms. The maximum absolute atomic E-state index is 14.3. The van der Waals surface area contributed by atoms with Crippen molar-refractivity contribution in [3.8, 4) is 17.0 Å². The highest BCUT2D eigenvalue weighted by Gasteiger charge is 2.35. The minimum Gasteiger partial charge on any atom is -0.508 e. The summed E-state index contributed by atoms with van der Waals surface area (Å²) in [5, 5.41) is 13.5. The first-order chi connectivity index (χ1) is 22.1. The second kappa shape index (κ2) is 10.2. The molecule has 4 heterocycles. The Morgan fingerprint density at radius 3 is 2.26 bits per heavy atom. The van der Waals surface area contributed by atoms with Crippen LogP contribution in [-0.4, -0.2) is 40.0 Å². The first-order valence-corrected chi connectivity index (χ1v) is 17.7. The van der Waals surface area contributed by atoms with Crippen molar-refractivity contribution in [2.75, 3.05) is 21.7 Å². The van der Waals surface area contributed by atoms with Gasteiger partial charge in [-0.1, -0.05) is 24.3 Å². The monoisotopic (exact) mass is 652 g/mol. The molecule has 0 spiro atoms. The summed E-state index contributed by atoms with van der Waals surface area (Å²) in [5.74, 6) is 0.0713. The number of anilines is 2. The van der Waals surface area contributed by atoms with Crippen molar-refractivity contribution < 1.29 is 21.9 Å². The number of aromatic nitrogens is 1. The molecule has 0 fully saturated rings. The molecule has 0 aliphatic carbocycles. The number of phenolic OH excluding ortho intramolecular Hbond substituents is 1. The van der Waals surface area contributed by atoms with Gasteiger partial charge in [-0.05, 0) is 102 Å². The number of nitrogens with one attached hydrogen (secondary N) is 2. The van der Waals surface area contributed by atoms with E-state index in [-0.39, 0.29) is 32.9 Å². The lowest BCUT2D eigenvalue weighted by atomic mass is 9.99. The third-order valence-electron chi connectivity index (χ3n) is 8.94. The van der Waals surface area contributed by atoms with E-state index in [0.717, 1.165) is 11.1 Å². The summed E-state index contributed by atoms with van der Waals surface area (Å²) in [5.41, 5.74) is 4.28. The lowest BCUT2D eigenvalue weighted by Crippen LogP contribution is -2.30. The van der Waals surface area contributed by atoms with Crippen LogP contribution in [0.4, 0.5) is 11.4 Å². The Morgan fingerprint density at radius 1 is 0.696 bits per heavy atom. The Labute approximate surface area is 265 Å². The van der Waals surface area contributed by atoms with Crippen LogP contribution >= 0.6 is 0 Å². The quantitative estimate of drug-likeness (QED) is 0.255. The number of pyridine rings is 1. The van der Waals surface area contributed by atoms with Gasteiger partial charge in [0.15, 0.2) is 0 Å². The smallest absolute Gasteiger partial charge is 0.264 e. The number of hydrogen-bond acceptors (Lipinski definition) is 7. The molecule has 4 aromatic carbocycles. The van der Waals surface area contributed by atoms with Gasteiger partial charge in [0.1, 0.15) is 5.75 Å². The number of para-hydroxylation sites is 1. The van der Waals surface area contributed by atoms with Crippen molar-refractivity contribution >= 4 is 48.3 Å². The highest BCUT2D eigenvalue weighted by Crippen LogP contribution is 2.39. The number of aromatic hydroxyl groups is 1. The molecule has 8 rings (SSSR count). The lowest BCUT2D eigenvalue weighted by molar-refractivity contribution is 0.475. The van der Waals surface area contributed by atoms with Crippen LogP contribution in [0.2, 0.25) is 0 Å². The highest BCUT2D eigenvalue weighted by atomic mass is 32.2. The second-order valence-corrected chi connectivity index (χ2v) is 15.2. The molecule has 0 amide bonds. The van der Waals surface area contributed by atoms with Gasteiger partial charge in [-0.15, -0.1) is 0 Å². The van der Waals surface area contributed by atoms with Crippen LogP contribution in [0.15, 0.2) is 99.6 Å². The number of fused-ring (bicyclic) bond motifs is 4. The molecule has 5 aromatic rings. The van der Waals surface area contributed by atoms with Crippen LogP contribution in [0.1, 0.15) is 22.3 Å². The second-order valence-electron chi connectivity index (χ2n) is 11.6. The Balaban J connectivity index is 1.29. The van der Waals surface area contributed by atoms with Gasteiger partial charge in [0.2, 0.25) is 0 Å². The predicted molar refractivity (Wildman–Crippen MR) is 177 cm³/mol. The SMILES string of the molecule is O=c1[nH]c(-c2cc3c(c(S(=O)(=O)N4CCc5cc(O)ccc54)c2)C=CNC3)cc2c(S(=O)(=O)N3CCc4ccccc43)cccc12. The molecule has 0 saturated heterocycles. The molecule has 0 radical (unpaired) electrons. The molecule has 10 nitrogen and oxygen atoms in total. The van der Waals surface area contributed by atoms with E-state index >= 15 is 0 Å². The summed E-state index contributed by atoms with van der Waals surface area (Å²) in [4.78, 5) is 16.4. The minimum absolute atomic E-state index is 0.00128. The summed E-state index contributed by atoms with van der Waals surface area (Å²) in [6.07, 6.45) is 4.45. The molecule has 12 heteroatoms. The number of hydrogen-bond donors (Lipinski definition) is 3. The van der Waals surface area contributed by atoms with E-state index in [4.69, 9.17) is 0 Å². The fourth-order valence-electron chi connectivity index (χ4n) is 6.74. The van der Waals surface area contributed by atoms with Gasteiger partial charge < -0.3 is 15.4 Å². The van der Waals surface area contributed by atoms with E-state index in [0.29, 0.717) is 59.7 Å². The molecule has 46 heavy (non-hydrogen) atoms. The van der Waals surface area contributed by atoms with E-state index < -0.39 is 25.6 Å². The molecule has 0 unspecified atom stereocenters. The minimum atomic E-state index is -4.08. The Bertz CT molecular complexity index is 2420. The number of H-pyrrole nitrogens is 1. The van der Waals surface area contributed by atoms with Gasteiger partial charge in [-0.2, -0.15) is 0 Å². The molecule has 0 atom stereocenters. The topological polar surface area (TPSA) is 140 Å². The molecule has 1 aromatic heterocycles. The molecule has 0 saturated carbocycles. The van der Waals surface area contributed by atoms with Crippen LogP contribution < -0.4 is 19.5 Å². The van der Waals surface area contributed by atoms with E-state index in [9.17, 15) is 26.7 Å². The van der Waals surface area contributed by atoms with Crippen molar-refractivity contribution in [3.05, 3.63) is 118 Å². The van der Waals surface area contributed by atoms with Gasteiger partial charge in [-0.3, -0.25) is 13.4 Å². The standard InChI is InChI=1S/C34H28N4O6S2/c39-25-8-9-31-22(17-25)12-15-38(31)46(43,44)33-18-23(16-24-20-35-13-10-26(24)33)29-19-28-27(34(40)36-29)5-3-7-32(28)45(41,42)37-14-11-21-4-1-2-6-30(21)37/h1-10,13,16-19,35,39H,11-12,14-15,20H2,(H,36,40). The van der Waals surface area contributed by atoms with Gasteiger partial charge in [0.05, 0.1) is 21.2 Å². The number of aromatic amines is 1. The zero-order valence-corrected chi connectivity index (χ0v) is 26.0. The summed E-state index contributed by atoms with van der Waals surface area (Å²) < 4.78 is 59.6. The molecule has 3 aliphatic rings. The van der Waals surface area contributed by atoms with Crippen LogP contribution in [0, 0.1) is 0 Å². The molecular weight excluding hydrogens is 625 g/mol. The van der Waals surface area contributed by atoms with Gasteiger partial charge in [0, 0.05) is 41.7 Å². The number of sulfonamides is 2. The zero-order valence-electron chi connectivity index (χ0n) is 24.4. The largest absolute Gasteiger partial charge is 0.508 e. The zero-order chi connectivity index (χ0) is 31.8. The van der Waals surface area contributed by atoms with Gasteiger partial charge in [-0.25, -0.2) is 16.8 Å². The van der Waals surface area contributed by atoms with Crippen LogP contribution in [-0.2, 0) is 39.4 Å². The number of phenols is 1. The van der Waals surface area contributed by atoms with Crippen molar-refractivity contribution in [1.29, 1.82) is 0 Å². The van der Waals surface area contributed by atoms with Crippen LogP contribution in [0.5, 0.6) is 5.75 Å². The average molecular weight is 653 g/mol. The molecular formula is C34H28N4O6S2. The van der Waals surface area contributed by atoms with Crippen molar-refractivity contribution in [2.24, 2.45) is 0 Å². The number of nitrogens with zero attached hydrogens (tertiary/aromatic N) is 2. The maximum atomic E-state index is 14.3. The van der Waals surface area contributed by atoms with Crippen LogP contribution in [0.3, 0.4) is 0 Å². The van der Waals surface area contributed by atoms with Crippen LogP contribution in [0.25, 0.3) is 28.1 Å². The third-order valence-corrected chi connectivity index (χ3v) is 12.7. The average Bonchev–Trinajstić information content (AvgIpc) is 3.69. The Hall–Kier alpha value is -5.07. The Morgan fingerprint density at radius 2 is 1.43 bits per heavy atom. The van der Waals surface area contributed by atoms with E-state index in [2.05, 4.69) is 10.3 Å². The first kappa shape index (κ1) is 28.4. The van der Waals surface area contributed by atoms with Gasteiger partial charge >= 0.3 is 0 Å². The Kier molecular flexibility index (Phi) is 6.31. The van der Waals surface area contributed by atoms with Crippen molar-refractivity contribution in [2.45, 2.75) is 29.2 Å². The molecule has 3 aliphatic heterocycles. The highest BCUT2D eigenvalue weighted by molar-refractivity contribution is 7.93. The summed E-state index contributed by atoms with van der Waals surface area (Å²) in [6, 6.07) is 21.6. The van der Waals surface area contributed by atoms with Crippen molar-refractivity contribution in [1.82, 2.24) is 10.3 Å².